The number of rotatable bonds is 0. The van der Waals surface area contributed by atoms with Gasteiger partial charge in [0, 0.05) is 96.0 Å². The van der Waals surface area contributed by atoms with Gasteiger partial charge in [0.05, 0.1) is 0 Å². The third kappa shape index (κ3) is 37.3. The van der Waals surface area contributed by atoms with Gasteiger partial charge in [0.15, 0.2) is 0 Å². The predicted molar refractivity (Wildman–Crippen MR) is 8.54 cm³/mol. The standard InChI is InChI=1S/BH2.Co.Cr.Nd.Pt.Re.Ta/h1H2;;;;;;/q+1;;;;;;-1. The van der Waals surface area contributed by atoms with Crippen LogP contribution in [0.2, 0.25) is 0 Å². The van der Waals surface area contributed by atoms with Gasteiger partial charge in [-0.1, -0.05) is 0 Å². The topological polar surface area (TPSA) is 0 Å². The van der Waals surface area contributed by atoms with E-state index in [1.165, 1.54) is 0 Å². The van der Waals surface area contributed by atoms with E-state index < -0.39 is 0 Å². The minimum Gasteiger partial charge on any atom is 0 e. The molecule has 0 N–H and O–H groups in total. The van der Waals surface area contributed by atoms with Crippen LogP contribution in [0.15, 0.2) is 0 Å². The molecule has 0 amide bonds. The van der Waals surface area contributed by atoms with Gasteiger partial charge in [-0.05, 0) is 0 Å². The summed E-state index contributed by atoms with van der Waals surface area (Å²) in [7, 11) is 0. The molecule has 0 fully saturated rings. The Morgan fingerprint density at radius 2 is 1.43 bits per heavy atom. The van der Waals surface area contributed by atoms with E-state index in [-0.39, 0.29) is 113 Å². The molecule has 0 unspecified atom stereocenters. The molecule has 0 heterocycles. The molecule has 0 rings (SSSR count). The molecule has 7 heavy (non-hydrogen) atoms. The average Bonchev–Trinajstić information content (AvgIpc) is 0.918. The van der Waals surface area contributed by atoms with Crippen LogP contribution in [0.3, 0.4) is 0 Å². The first-order chi connectivity index (χ1) is 1.41. The second-order valence-electron chi connectivity index (χ2n) is 0.169. The van der Waals surface area contributed by atoms with Crippen LogP contribution in [0.25, 0.3) is 0 Å². The van der Waals surface area contributed by atoms with Crippen molar-refractivity contribution in [2.24, 2.45) is 0 Å². The summed E-state index contributed by atoms with van der Waals surface area (Å²) in [6.07, 6.45) is 0. The quantitative estimate of drug-likeness (QED) is 0.278. The first-order valence-electron chi connectivity index (χ1n) is 0.616. The minimum atomic E-state index is 0. The fourth-order valence-corrected chi connectivity index (χ4v) is 0. The summed E-state index contributed by atoms with van der Waals surface area (Å²) in [6.45, 7) is 0. The molecule has 0 aliphatic rings. The Balaban J connectivity index is -0.00000000333. The molecule has 0 saturated heterocycles. The Labute approximate surface area is 131 Å². The Morgan fingerprint density at radius 3 is 1.43 bits per heavy atom. The zero-order chi connectivity index (χ0) is 2.71. The Hall–Kier alpha value is 4.55. The van der Waals surface area contributed by atoms with E-state index in [4.69, 9.17) is 0 Å². The van der Waals surface area contributed by atoms with E-state index in [2.05, 4.69) is 5.93 Å². The molecule has 0 nitrogen and oxygen atoms in total. The summed E-state index contributed by atoms with van der Waals surface area (Å²) >= 11 is 2.23. The second kappa shape index (κ2) is 31.2. The van der Waals surface area contributed by atoms with Crippen molar-refractivity contribution in [3.63, 3.8) is 0 Å². The molecular weight excluding hydrogens is 828 g/mol. The van der Waals surface area contributed by atoms with Gasteiger partial charge in [-0.15, -0.1) is 0 Å². The van der Waals surface area contributed by atoms with Crippen molar-refractivity contribution in [2.45, 2.75) is 0 Å². The summed E-state index contributed by atoms with van der Waals surface area (Å²) in [6, 6.07) is 0. The predicted octanol–water partition coefficient (Wildman–Crippen LogP) is -0.929. The van der Waals surface area contributed by atoms with Crippen LogP contribution < -0.4 is 0 Å². The SMILES string of the molecule is [BH2][Ta][Re].[Co].[Cr].[Nd].[Pt]. The van der Waals surface area contributed by atoms with Crippen LogP contribution in [0.4, 0.5) is 0 Å². The molecule has 0 aromatic carbocycles. The van der Waals surface area contributed by atoms with E-state index in [1.807, 2.05) is 16.0 Å². The summed E-state index contributed by atoms with van der Waals surface area (Å²) < 4.78 is 0. The van der Waals surface area contributed by atoms with Crippen LogP contribution in [0.1, 0.15) is 0 Å². The smallest absolute Gasteiger partial charge is 0 e. The van der Waals surface area contributed by atoms with Crippen molar-refractivity contribution in [3.05, 3.63) is 0 Å². The van der Waals surface area contributed by atoms with Gasteiger partial charge < -0.3 is 0 Å². The van der Waals surface area contributed by atoms with E-state index in [1.54, 1.807) is 0 Å². The van der Waals surface area contributed by atoms with Gasteiger partial charge in [0.25, 0.3) is 0 Å². The molecule has 0 aromatic heterocycles. The van der Waals surface area contributed by atoms with E-state index in [0.717, 1.165) is 0 Å². The van der Waals surface area contributed by atoms with Crippen LogP contribution in [0, 0.1) is 40.8 Å². The van der Waals surface area contributed by atoms with Crippen molar-refractivity contribution in [3.8, 4) is 0 Å². The van der Waals surface area contributed by atoms with Gasteiger partial charge in [-0.2, -0.15) is 0 Å². The van der Waals surface area contributed by atoms with Crippen molar-refractivity contribution in [2.75, 3.05) is 0 Å². The fraction of sp³-hybridized carbons (Fsp3) is 0. The Bertz CT molecular complexity index is 19.7. The maximum absolute atomic E-state index is 2.33. The molecule has 0 spiro atoms. The maximum atomic E-state index is 2.33. The molecule has 0 aliphatic heterocycles. The maximum Gasteiger partial charge on any atom is 0 e. The summed E-state index contributed by atoms with van der Waals surface area (Å²) in [5.74, 6) is 2.33. The van der Waals surface area contributed by atoms with Crippen molar-refractivity contribution in [1.82, 2.24) is 0 Å². The zero-order valence-electron chi connectivity index (χ0n) is 3.38. The summed E-state index contributed by atoms with van der Waals surface area (Å²) in [5, 5.41) is 0. The van der Waals surface area contributed by atoms with Crippen LogP contribution in [-0.2, 0) is 87.8 Å². The van der Waals surface area contributed by atoms with Crippen LogP contribution in [-0.4, -0.2) is 5.93 Å². The first-order valence-corrected chi connectivity index (χ1v) is 15.0. The van der Waals surface area contributed by atoms with Crippen LogP contribution in [0.5, 0.6) is 0 Å². The summed E-state index contributed by atoms with van der Waals surface area (Å²) in [5.41, 5.74) is 0. The fourth-order valence-electron chi connectivity index (χ4n) is 0. The molecule has 0 aliphatic carbocycles. The number of hydrogen-bond donors (Lipinski definition) is 0. The summed E-state index contributed by atoms with van der Waals surface area (Å²) in [4.78, 5) is 0. The van der Waals surface area contributed by atoms with Gasteiger partial charge in [-0.3, -0.25) is 0 Å². The molecule has 7 heteroatoms. The molecule has 1 radical (unpaired) electrons. The Morgan fingerprint density at radius 1 is 1.43 bits per heavy atom. The van der Waals surface area contributed by atoms with E-state index in [0.29, 0.717) is 0 Å². The molecule has 0 saturated carbocycles. The van der Waals surface area contributed by atoms with Crippen molar-refractivity contribution >= 4 is 5.93 Å². The Kier molecular flexibility index (Phi) is 134. The normalized spacial score (nSPS) is 1.86. The van der Waals surface area contributed by atoms with Gasteiger partial charge in [-0.25, -0.2) is 0 Å². The van der Waals surface area contributed by atoms with Gasteiger partial charge >= 0.3 is 38.5 Å². The minimum absolute atomic E-state index is 0. The molecule has 46 valence electrons. The number of hydrogen-bond acceptors (Lipinski definition) is 0. The van der Waals surface area contributed by atoms with E-state index in [9.17, 15) is 0 Å². The molecule has 0 aromatic rings. The molecule has 0 atom stereocenters. The third-order valence-electron chi connectivity index (χ3n) is 0. The van der Waals surface area contributed by atoms with Gasteiger partial charge in [0.2, 0.25) is 0 Å². The average molecular weight is 830 g/mol. The second-order valence-corrected chi connectivity index (χ2v) is 11.3. The third-order valence-corrected chi connectivity index (χ3v) is 0. The largest absolute Gasteiger partial charge is 0 e. The van der Waals surface area contributed by atoms with E-state index >= 15 is 0 Å². The molecule has 0 bridgehead atoms. The van der Waals surface area contributed by atoms with Crippen molar-refractivity contribution in [1.29, 1.82) is 0 Å². The van der Waals surface area contributed by atoms with Crippen molar-refractivity contribution < 1.29 is 129 Å². The molecular formula is H2BCoCrNdPtReTa. The van der Waals surface area contributed by atoms with Gasteiger partial charge in [0.1, 0.15) is 0 Å². The van der Waals surface area contributed by atoms with Crippen LogP contribution >= 0.6 is 0 Å². The first kappa shape index (κ1) is 30.0. The zero-order valence-corrected chi connectivity index (χ0v) is 17.1. The monoisotopic (exact) mass is 829 g/mol.